The predicted octanol–water partition coefficient (Wildman–Crippen LogP) is 2.09. The highest BCUT2D eigenvalue weighted by Gasteiger charge is 2.07. The van der Waals surface area contributed by atoms with Crippen molar-refractivity contribution in [1.82, 2.24) is 15.0 Å². The van der Waals surface area contributed by atoms with Gasteiger partial charge in [0.25, 0.3) is 0 Å². The van der Waals surface area contributed by atoms with Gasteiger partial charge in [-0.05, 0) is 24.8 Å². The maximum absolute atomic E-state index is 4.39. The zero-order valence-corrected chi connectivity index (χ0v) is 12.9. The molecule has 2 rings (SSSR count). The van der Waals surface area contributed by atoms with Crippen LogP contribution in [0.5, 0.6) is 0 Å². The number of aromatic nitrogens is 3. The quantitative estimate of drug-likeness (QED) is 0.814. The van der Waals surface area contributed by atoms with Gasteiger partial charge in [-0.1, -0.05) is 6.07 Å². The van der Waals surface area contributed by atoms with Crippen LogP contribution < -0.4 is 15.5 Å². The number of thiophene rings is 1. The van der Waals surface area contributed by atoms with E-state index in [0.29, 0.717) is 17.8 Å². The Labute approximate surface area is 123 Å². The Morgan fingerprint density at radius 1 is 1.15 bits per heavy atom. The van der Waals surface area contributed by atoms with E-state index in [2.05, 4.69) is 43.1 Å². The summed E-state index contributed by atoms with van der Waals surface area (Å²) in [4.78, 5) is 16.3. The summed E-state index contributed by atoms with van der Waals surface area (Å²) in [7, 11) is 3.83. The van der Waals surface area contributed by atoms with Gasteiger partial charge >= 0.3 is 0 Å². The maximum Gasteiger partial charge on any atom is 0.231 e. The first-order valence-corrected chi connectivity index (χ1v) is 7.50. The third-order valence-corrected chi connectivity index (χ3v) is 3.53. The highest BCUT2D eigenvalue weighted by molar-refractivity contribution is 7.09. The molecule has 2 N–H and O–H groups in total. The summed E-state index contributed by atoms with van der Waals surface area (Å²) < 4.78 is 0. The van der Waals surface area contributed by atoms with Gasteiger partial charge in [0.05, 0.1) is 0 Å². The Morgan fingerprint density at radius 2 is 1.90 bits per heavy atom. The van der Waals surface area contributed by atoms with Crippen LogP contribution in [0.4, 0.5) is 17.8 Å². The van der Waals surface area contributed by atoms with Crippen LogP contribution in [0.1, 0.15) is 11.8 Å². The normalized spacial score (nSPS) is 10.3. The molecule has 6 nitrogen and oxygen atoms in total. The molecule has 2 aromatic rings. The smallest absolute Gasteiger partial charge is 0.231 e. The second kappa shape index (κ2) is 7.04. The summed E-state index contributed by atoms with van der Waals surface area (Å²) in [6.45, 7) is 3.61. The molecule has 20 heavy (non-hydrogen) atoms. The molecule has 0 aliphatic carbocycles. The predicted molar refractivity (Wildman–Crippen MR) is 84.8 cm³/mol. The fourth-order valence-corrected chi connectivity index (χ4v) is 2.34. The first-order valence-electron chi connectivity index (χ1n) is 6.62. The number of hydrogen-bond acceptors (Lipinski definition) is 7. The van der Waals surface area contributed by atoms with Crippen LogP contribution in [0.2, 0.25) is 0 Å². The zero-order chi connectivity index (χ0) is 14.4. The van der Waals surface area contributed by atoms with Crippen molar-refractivity contribution in [2.24, 2.45) is 0 Å². The molecule has 0 amide bonds. The molecule has 0 spiro atoms. The van der Waals surface area contributed by atoms with Crippen molar-refractivity contribution in [3.63, 3.8) is 0 Å². The lowest BCUT2D eigenvalue weighted by Gasteiger charge is -2.13. The molecule has 0 aromatic carbocycles. The third kappa shape index (κ3) is 4.06. The van der Waals surface area contributed by atoms with Crippen LogP contribution in [0.3, 0.4) is 0 Å². The van der Waals surface area contributed by atoms with Crippen molar-refractivity contribution in [1.29, 1.82) is 0 Å². The number of nitrogens with zero attached hydrogens (tertiary/aromatic N) is 4. The molecule has 0 radical (unpaired) electrons. The fraction of sp³-hybridized carbons (Fsp3) is 0.462. The van der Waals surface area contributed by atoms with E-state index in [9.17, 15) is 0 Å². The van der Waals surface area contributed by atoms with E-state index < -0.39 is 0 Å². The standard InChI is InChI=1S/C13H20N6S/c1-4-14-11-16-12(18-13(17-11)19(2)3)15-8-7-10-6-5-9-20-10/h5-6,9H,4,7-8H2,1-3H3,(H2,14,15,16,17,18). The van der Waals surface area contributed by atoms with Gasteiger partial charge in [-0.3, -0.25) is 0 Å². The molecule has 0 aliphatic heterocycles. The Bertz CT molecular complexity index is 526. The van der Waals surface area contributed by atoms with Gasteiger partial charge in [0.2, 0.25) is 17.8 Å². The molecule has 0 bridgehead atoms. The van der Waals surface area contributed by atoms with Crippen LogP contribution in [0, 0.1) is 0 Å². The number of anilines is 3. The van der Waals surface area contributed by atoms with Gasteiger partial charge in [-0.25, -0.2) is 0 Å². The van der Waals surface area contributed by atoms with Crippen LogP contribution >= 0.6 is 11.3 Å². The van der Waals surface area contributed by atoms with Crippen LogP contribution in [-0.2, 0) is 6.42 Å². The monoisotopic (exact) mass is 292 g/mol. The molecule has 0 unspecified atom stereocenters. The molecular formula is C13H20N6S. The Kier molecular flexibility index (Phi) is 5.11. The second-order valence-corrected chi connectivity index (χ2v) is 5.50. The Morgan fingerprint density at radius 3 is 2.50 bits per heavy atom. The van der Waals surface area contributed by atoms with Gasteiger partial charge in [-0.15, -0.1) is 11.3 Å². The molecule has 0 aliphatic rings. The van der Waals surface area contributed by atoms with Crippen molar-refractivity contribution in [2.75, 3.05) is 42.7 Å². The van der Waals surface area contributed by atoms with Crippen molar-refractivity contribution in [2.45, 2.75) is 13.3 Å². The fourth-order valence-electron chi connectivity index (χ4n) is 1.63. The zero-order valence-electron chi connectivity index (χ0n) is 12.1. The van der Waals surface area contributed by atoms with E-state index in [1.165, 1.54) is 4.88 Å². The van der Waals surface area contributed by atoms with Crippen molar-refractivity contribution >= 4 is 29.2 Å². The van der Waals surface area contributed by atoms with E-state index in [1.54, 1.807) is 11.3 Å². The van der Waals surface area contributed by atoms with Crippen LogP contribution in [-0.4, -0.2) is 42.1 Å². The minimum Gasteiger partial charge on any atom is -0.354 e. The number of hydrogen-bond donors (Lipinski definition) is 2. The summed E-state index contributed by atoms with van der Waals surface area (Å²) in [5, 5.41) is 8.46. The molecule has 0 saturated heterocycles. The molecule has 2 aromatic heterocycles. The summed E-state index contributed by atoms with van der Waals surface area (Å²) in [5.74, 6) is 1.86. The van der Waals surface area contributed by atoms with Gasteiger partial charge in [0, 0.05) is 32.1 Å². The van der Waals surface area contributed by atoms with E-state index in [1.807, 2.05) is 25.9 Å². The first kappa shape index (κ1) is 14.5. The van der Waals surface area contributed by atoms with Crippen molar-refractivity contribution in [3.8, 4) is 0 Å². The molecular weight excluding hydrogens is 272 g/mol. The molecule has 7 heteroatoms. The number of rotatable bonds is 7. The lowest BCUT2D eigenvalue weighted by Crippen LogP contribution is -2.17. The first-order chi connectivity index (χ1) is 9.69. The molecule has 0 saturated carbocycles. The van der Waals surface area contributed by atoms with Gasteiger partial charge in [-0.2, -0.15) is 15.0 Å². The minimum atomic E-state index is 0.602. The maximum atomic E-state index is 4.39. The van der Waals surface area contributed by atoms with Crippen molar-refractivity contribution < 1.29 is 0 Å². The van der Waals surface area contributed by atoms with Gasteiger partial charge < -0.3 is 15.5 Å². The van der Waals surface area contributed by atoms with Crippen LogP contribution in [0.15, 0.2) is 17.5 Å². The number of nitrogens with one attached hydrogen (secondary N) is 2. The van der Waals surface area contributed by atoms with Gasteiger partial charge in [0.1, 0.15) is 0 Å². The summed E-state index contributed by atoms with van der Waals surface area (Å²) in [6, 6.07) is 4.20. The highest BCUT2D eigenvalue weighted by atomic mass is 32.1. The highest BCUT2D eigenvalue weighted by Crippen LogP contribution is 2.12. The summed E-state index contributed by atoms with van der Waals surface area (Å²) >= 11 is 1.76. The van der Waals surface area contributed by atoms with E-state index >= 15 is 0 Å². The van der Waals surface area contributed by atoms with Gasteiger partial charge in [0.15, 0.2) is 0 Å². The average Bonchev–Trinajstić information content (AvgIpc) is 2.92. The third-order valence-electron chi connectivity index (χ3n) is 2.59. The molecule has 0 atom stereocenters. The Hall–Kier alpha value is -1.89. The molecule has 108 valence electrons. The van der Waals surface area contributed by atoms with Crippen LogP contribution in [0.25, 0.3) is 0 Å². The van der Waals surface area contributed by atoms with E-state index in [0.717, 1.165) is 19.5 Å². The Balaban J connectivity index is 2.01. The second-order valence-electron chi connectivity index (χ2n) is 4.46. The average molecular weight is 292 g/mol. The topological polar surface area (TPSA) is 66.0 Å². The lowest BCUT2D eigenvalue weighted by atomic mass is 10.3. The molecule has 0 fully saturated rings. The largest absolute Gasteiger partial charge is 0.354 e. The van der Waals surface area contributed by atoms with E-state index in [-0.39, 0.29) is 0 Å². The molecule has 2 heterocycles. The summed E-state index contributed by atoms with van der Waals surface area (Å²) in [5.41, 5.74) is 0. The van der Waals surface area contributed by atoms with E-state index in [4.69, 9.17) is 0 Å². The summed E-state index contributed by atoms with van der Waals surface area (Å²) in [6.07, 6.45) is 0.969. The minimum absolute atomic E-state index is 0.602. The lowest BCUT2D eigenvalue weighted by molar-refractivity contribution is 0.928. The van der Waals surface area contributed by atoms with Crippen molar-refractivity contribution in [3.05, 3.63) is 22.4 Å². The SMILES string of the molecule is CCNc1nc(NCCc2cccs2)nc(N(C)C)n1.